The molecule has 48 heavy (non-hydrogen) atoms. The van der Waals surface area contributed by atoms with Crippen LogP contribution in [0.25, 0.3) is 0 Å². The fraction of sp³-hybridized carbons (Fsp3) is 0.902. The van der Waals surface area contributed by atoms with Gasteiger partial charge in [-0.05, 0) is 112 Å². The van der Waals surface area contributed by atoms with E-state index in [-0.39, 0.29) is 30.0 Å². The molecule has 3 saturated heterocycles. The highest BCUT2D eigenvalue weighted by atomic mass is 16.5. The van der Waals surface area contributed by atoms with Crippen molar-refractivity contribution in [3.8, 4) is 0 Å². The van der Waals surface area contributed by atoms with Crippen molar-refractivity contribution in [2.24, 2.45) is 57.7 Å². The Labute approximate surface area is 290 Å². The highest BCUT2D eigenvalue weighted by molar-refractivity contribution is 5.90. The molecule has 5 aliphatic carbocycles. The Morgan fingerprint density at radius 1 is 1.02 bits per heavy atom. The van der Waals surface area contributed by atoms with E-state index in [9.17, 15) is 14.7 Å². The Morgan fingerprint density at radius 2 is 1.81 bits per heavy atom. The summed E-state index contributed by atoms with van der Waals surface area (Å²) < 4.78 is 7.43. The van der Waals surface area contributed by atoms with Gasteiger partial charge in [0.25, 0.3) is 0 Å². The lowest BCUT2D eigenvalue weighted by molar-refractivity contribution is -0.197. The predicted octanol–water partition coefficient (Wildman–Crippen LogP) is 6.41. The highest BCUT2D eigenvalue weighted by Crippen LogP contribution is 2.84. The minimum atomic E-state index is -1.14. The van der Waals surface area contributed by atoms with Crippen LogP contribution in [0.4, 0.5) is 0 Å². The van der Waals surface area contributed by atoms with Crippen LogP contribution in [-0.2, 0) is 14.3 Å². The van der Waals surface area contributed by atoms with E-state index in [0.29, 0.717) is 36.1 Å². The summed E-state index contributed by atoms with van der Waals surface area (Å²) in [4.78, 5) is 33.2. The number of aldehydes is 1. The van der Waals surface area contributed by atoms with Crippen LogP contribution in [0.2, 0.25) is 0 Å². The van der Waals surface area contributed by atoms with Crippen molar-refractivity contribution in [2.75, 3.05) is 45.8 Å². The van der Waals surface area contributed by atoms with Gasteiger partial charge in [-0.25, -0.2) is 0 Å². The van der Waals surface area contributed by atoms with Gasteiger partial charge in [0.2, 0.25) is 0 Å². The molecule has 11 atom stereocenters. The number of carboxylic acids is 1. The topological polar surface area (TPSA) is 82.1 Å². The molecule has 0 aromatic carbocycles. The van der Waals surface area contributed by atoms with E-state index in [1.54, 1.807) is 0 Å². The van der Waals surface area contributed by atoms with E-state index in [1.165, 1.54) is 90.3 Å². The molecule has 8 rings (SSSR count). The molecule has 0 aromatic rings. The van der Waals surface area contributed by atoms with Gasteiger partial charge in [-0.15, -0.1) is 0 Å². The van der Waals surface area contributed by atoms with Gasteiger partial charge in [-0.2, -0.15) is 0 Å². The summed E-state index contributed by atoms with van der Waals surface area (Å²) in [5, 5.41) is 15.5. The van der Waals surface area contributed by atoms with Gasteiger partial charge in [0, 0.05) is 37.6 Å². The van der Waals surface area contributed by atoms with E-state index in [2.05, 4.69) is 42.0 Å². The number of fused-ring (bicyclic) bond motifs is 2. The first-order chi connectivity index (χ1) is 23.3. The Morgan fingerprint density at radius 3 is 2.54 bits per heavy atom. The normalized spacial score (nSPS) is 46.1. The molecular weight excluding hydrogens is 598 g/mol. The SMILES string of the molecule is CC(C)C1=CC2CC3(C=O)[C@@H]4CC[C@@H](C)[C@H]4CC2([C@H]2C[C@@H](C4CCCCC4)[C@H](CNCCN4CCC[C@H]4CN4CCCC4)O2)[C@]13C(=O)O. The average Bonchev–Trinajstić information content (AvgIpc) is 3.94. The van der Waals surface area contributed by atoms with Gasteiger partial charge in [0.1, 0.15) is 11.7 Å². The van der Waals surface area contributed by atoms with E-state index in [4.69, 9.17) is 4.74 Å². The fourth-order valence-electron chi connectivity index (χ4n) is 14.3. The van der Waals surface area contributed by atoms with E-state index in [0.717, 1.165) is 50.9 Å². The molecule has 268 valence electrons. The molecular formula is C41H65N3O4. The molecule has 3 heterocycles. The van der Waals surface area contributed by atoms with Crippen LogP contribution in [0.3, 0.4) is 0 Å². The fourth-order valence-corrected chi connectivity index (χ4v) is 14.3. The van der Waals surface area contributed by atoms with Gasteiger partial charge >= 0.3 is 5.97 Å². The number of rotatable bonds is 12. The number of likely N-dealkylation sites (tertiary alicyclic amines) is 2. The standard InChI is InChI=1S/C41H65N3O4/c1-27(2)35-20-30-22-39(26-45)34-14-13-28(3)33(34)23-40(30,41(35,39)38(46)47)37-21-32(29-10-5-4-6-11-29)36(48-37)24-42-15-19-44-18-9-12-31(44)25-43-16-7-8-17-43/h20,26-34,36-37,42H,4-19,21-25H2,1-3H3,(H,46,47)/t28-,30?,31+,32+,33-,34-,36+,37-,39?,40?,41+/m1/s1. The van der Waals surface area contributed by atoms with Gasteiger partial charge in [0.05, 0.1) is 17.6 Å². The lowest BCUT2D eigenvalue weighted by Gasteiger charge is -2.60. The van der Waals surface area contributed by atoms with Crippen molar-refractivity contribution in [1.29, 1.82) is 0 Å². The number of ether oxygens (including phenoxy) is 1. The first kappa shape index (κ1) is 33.8. The van der Waals surface area contributed by atoms with Gasteiger partial charge in [-0.1, -0.05) is 70.9 Å². The summed E-state index contributed by atoms with van der Waals surface area (Å²) in [5.41, 5.74) is -1.44. The number of aliphatic carboxylic acids is 1. The Bertz CT molecular complexity index is 1240. The zero-order chi connectivity index (χ0) is 33.3. The Kier molecular flexibility index (Phi) is 9.20. The lowest BCUT2D eigenvalue weighted by atomic mass is 9.41. The largest absolute Gasteiger partial charge is 0.481 e. The molecule has 3 aliphatic heterocycles. The third-order valence-electron chi connectivity index (χ3n) is 16.2. The molecule has 4 bridgehead atoms. The number of carbonyl (C=O) groups excluding carboxylic acids is 1. The van der Waals surface area contributed by atoms with Gasteiger partial charge in [0.15, 0.2) is 0 Å². The number of carbonyl (C=O) groups is 2. The van der Waals surface area contributed by atoms with Gasteiger partial charge < -0.3 is 24.9 Å². The van der Waals surface area contributed by atoms with Crippen LogP contribution in [0, 0.1) is 57.7 Å². The number of nitrogens with zero attached hydrogens (tertiary/aromatic N) is 2. The van der Waals surface area contributed by atoms with Crippen LogP contribution in [0.1, 0.15) is 111 Å². The van der Waals surface area contributed by atoms with Crippen molar-refractivity contribution in [1.82, 2.24) is 15.1 Å². The molecule has 0 amide bonds. The Balaban J connectivity index is 1.05. The van der Waals surface area contributed by atoms with Crippen LogP contribution >= 0.6 is 0 Å². The number of hydrogen-bond donors (Lipinski definition) is 2. The first-order valence-electron chi connectivity index (χ1n) is 20.5. The third kappa shape index (κ3) is 4.85. The van der Waals surface area contributed by atoms with Crippen LogP contribution in [0.5, 0.6) is 0 Å². The molecule has 0 radical (unpaired) electrons. The predicted molar refractivity (Wildman–Crippen MR) is 189 cm³/mol. The number of nitrogens with one attached hydrogen (secondary N) is 1. The summed E-state index contributed by atoms with van der Waals surface area (Å²) in [7, 11) is 0. The molecule has 0 spiro atoms. The van der Waals surface area contributed by atoms with Crippen LogP contribution in [0.15, 0.2) is 11.6 Å². The average molecular weight is 664 g/mol. The van der Waals surface area contributed by atoms with Gasteiger partial charge in [-0.3, -0.25) is 9.69 Å². The summed E-state index contributed by atoms with van der Waals surface area (Å²) in [6.07, 6.45) is 20.1. The molecule has 3 unspecified atom stereocenters. The highest BCUT2D eigenvalue weighted by Gasteiger charge is 2.86. The van der Waals surface area contributed by atoms with Crippen molar-refractivity contribution in [3.05, 3.63) is 11.6 Å². The van der Waals surface area contributed by atoms with Crippen LogP contribution in [-0.4, -0.2) is 91.2 Å². The maximum absolute atomic E-state index is 14.2. The molecule has 0 aromatic heterocycles. The maximum atomic E-state index is 14.2. The second-order valence-electron chi connectivity index (χ2n) is 18.4. The molecule has 8 aliphatic rings. The first-order valence-corrected chi connectivity index (χ1v) is 20.5. The van der Waals surface area contributed by atoms with Crippen molar-refractivity contribution < 1.29 is 19.4 Å². The number of hydrogen-bond acceptors (Lipinski definition) is 6. The van der Waals surface area contributed by atoms with Crippen LogP contribution < -0.4 is 5.32 Å². The monoisotopic (exact) mass is 663 g/mol. The van der Waals surface area contributed by atoms with Crippen molar-refractivity contribution >= 4 is 12.3 Å². The zero-order valence-corrected chi connectivity index (χ0v) is 30.3. The maximum Gasteiger partial charge on any atom is 0.315 e. The molecule has 4 saturated carbocycles. The van der Waals surface area contributed by atoms with E-state index < -0.39 is 22.2 Å². The second kappa shape index (κ2) is 13.0. The summed E-state index contributed by atoms with van der Waals surface area (Å²) in [5.74, 6) is 1.72. The third-order valence-corrected chi connectivity index (χ3v) is 16.2. The summed E-state index contributed by atoms with van der Waals surface area (Å²) in [6, 6.07) is 0.699. The smallest absolute Gasteiger partial charge is 0.315 e. The minimum Gasteiger partial charge on any atom is -0.481 e. The Hall–Kier alpha value is -1.28. The quantitative estimate of drug-likeness (QED) is 0.142. The number of carboxylic acid groups (broad SMARTS) is 1. The summed E-state index contributed by atoms with van der Waals surface area (Å²) >= 11 is 0. The van der Waals surface area contributed by atoms with E-state index >= 15 is 0 Å². The molecule has 2 N–H and O–H groups in total. The zero-order valence-electron chi connectivity index (χ0n) is 30.3. The molecule has 7 fully saturated rings. The molecule has 7 nitrogen and oxygen atoms in total. The summed E-state index contributed by atoms with van der Waals surface area (Å²) in [6.45, 7) is 14.7. The van der Waals surface area contributed by atoms with Crippen molar-refractivity contribution in [3.63, 3.8) is 0 Å². The van der Waals surface area contributed by atoms with Crippen molar-refractivity contribution in [2.45, 2.75) is 129 Å². The van der Waals surface area contributed by atoms with E-state index in [1.807, 2.05) is 0 Å². The second-order valence-corrected chi connectivity index (χ2v) is 18.4. The number of allylic oxidation sites excluding steroid dienone is 1. The molecule has 7 heteroatoms. The minimum absolute atomic E-state index is 0.105. The lowest BCUT2D eigenvalue weighted by Crippen LogP contribution is -2.65.